The molecule has 4 N–H and O–H groups in total. The molecule has 13 heteroatoms. The minimum absolute atomic E-state index is 0.724. The molecule has 0 aliphatic carbocycles. The molecule has 4 rings (SSSR count). The number of aromatic nitrogens is 3. The molecular weight excluding hydrogens is 649 g/mol. The van der Waals surface area contributed by atoms with Crippen molar-refractivity contribution in [2.75, 3.05) is 16.4 Å². The zero-order valence-electron chi connectivity index (χ0n) is 28.9. The Balaban J connectivity index is 0.000000804. The average molecular weight is 697 g/mol. The van der Waals surface area contributed by atoms with Crippen molar-refractivity contribution < 1.29 is 29.7 Å². The van der Waals surface area contributed by atoms with Crippen LogP contribution in [-0.2, 0) is 38.9 Å². The molecule has 0 unspecified atom stereocenters. The number of benzene rings is 1. The number of anilines is 3. The minimum atomic E-state index is -10.7. The fourth-order valence-corrected chi connectivity index (χ4v) is 6.20. The number of nitrogen functional groups attached to an aromatic ring is 1. The van der Waals surface area contributed by atoms with Crippen LogP contribution in [0.4, 0.5) is 42.6 Å². The van der Waals surface area contributed by atoms with E-state index in [1.54, 1.807) is 0 Å². The van der Waals surface area contributed by atoms with E-state index in [9.17, 15) is 25.2 Å². The number of nitrogens with two attached hydrogens (primary N) is 1. The summed E-state index contributed by atoms with van der Waals surface area (Å²) in [7, 11) is -10.7. The van der Waals surface area contributed by atoms with Crippen molar-refractivity contribution in [3.05, 3.63) is 104 Å². The Morgan fingerprint density at radius 2 is 1.00 bits per heavy atom. The van der Waals surface area contributed by atoms with E-state index < -0.39 is 7.81 Å². The molecule has 1 aromatic carbocycles. The van der Waals surface area contributed by atoms with E-state index in [0.717, 1.165) is 67.7 Å². The molecule has 4 aromatic rings. The Labute approximate surface area is 279 Å². The van der Waals surface area contributed by atoms with Crippen LogP contribution in [-0.4, -0.2) is 9.97 Å². The molecule has 6 nitrogen and oxygen atoms in total. The van der Waals surface area contributed by atoms with Crippen LogP contribution in [0.2, 0.25) is 0 Å². The molecule has 3 aromatic heterocycles. The molecule has 264 valence electrons. The Kier molecular flexibility index (Phi) is 11.5. The van der Waals surface area contributed by atoms with Crippen molar-refractivity contribution in [2.45, 2.75) is 94.3 Å². The van der Waals surface area contributed by atoms with Gasteiger partial charge in [0.05, 0.1) is 6.20 Å². The third kappa shape index (κ3) is 12.0. The predicted octanol–water partition coefficient (Wildman–Crippen LogP) is 10.2. The monoisotopic (exact) mass is 696 g/mol. The fraction of sp³-hybridized carbons (Fsp3) is 0.400. The van der Waals surface area contributed by atoms with Gasteiger partial charge in [0.2, 0.25) is 0 Å². The first kappa shape index (κ1) is 38.5. The van der Waals surface area contributed by atoms with Crippen molar-refractivity contribution in [3.8, 4) is 0 Å². The first-order valence-corrected chi connectivity index (χ1v) is 18.0. The molecule has 48 heavy (non-hydrogen) atoms. The molecule has 3 heterocycles. The van der Waals surface area contributed by atoms with Crippen LogP contribution in [0.3, 0.4) is 0 Å². The van der Waals surface area contributed by atoms with Crippen LogP contribution in [0.15, 0.2) is 42.6 Å². The second-order valence-electron chi connectivity index (χ2n) is 12.2. The van der Waals surface area contributed by atoms with Gasteiger partial charge in [-0.3, -0.25) is 5.73 Å². The number of nitrogens with one attached hydrogen (secondary N) is 2. The van der Waals surface area contributed by atoms with E-state index >= 15 is 0 Å². The number of nitrogens with zero attached hydrogens (tertiary/aromatic N) is 3. The van der Waals surface area contributed by atoms with E-state index in [-0.39, 0.29) is 0 Å². The van der Waals surface area contributed by atoms with Gasteiger partial charge in [-0.05, 0) is 129 Å². The normalized spacial score (nSPS) is 12.9. The summed E-state index contributed by atoms with van der Waals surface area (Å²) in [6.07, 6.45) is 5.02. The third-order valence-corrected chi connectivity index (χ3v) is 7.87. The summed E-state index contributed by atoms with van der Waals surface area (Å²) in [6.45, 7) is 19.5. The van der Waals surface area contributed by atoms with Crippen LogP contribution in [0.1, 0.15) is 82.2 Å². The van der Waals surface area contributed by atoms with Gasteiger partial charge in [-0.2, -0.15) is 0 Å². The Hall–Kier alpha value is -3.92. The van der Waals surface area contributed by atoms with E-state index in [2.05, 4.69) is 107 Å². The first-order chi connectivity index (χ1) is 22.1. The third-order valence-electron chi connectivity index (χ3n) is 7.87. The summed E-state index contributed by atoms with van der Waals surface area (Å²) in [6, 6.07) is 12.6. The predicted molar refractivity (Wildman–Crippen MR) is 185 cm³/mol. The first-order valence-electron chi connectivity index (χ1n) is 16.0. The van der Waals surface area contributed by atoms with Gasteiger partial charge < -0.3 is 10.6 Å². The Morgan fingerprint density at radius 3 is 1.38 bits per heavy atom. The summed E-state index contributed by atoms with van der Waals surface area (Å²) >= 11 is 0. The van der Waals surface area contributed by atoms with Crippen LogP contribution in [0, 0.1) is 34.6 Å². The molecule has 0 bridgehead atoms. The van der Waals surface area contributed by atoms with Crippen molar-refractivity contribution in [1.29, 1.82) is 0 Å². The molecule has 0 fully saturated rings. The van der Waals surface area contributed by atoms with Gasteiger partial charge in [0.1, 0.15) is 18.2 Å². The molecule has 0 aliphatic rings. The van der Waals surface area contributed by atoms with Gasteiger partial charge in [-0.1, -0.05) is 20.8 Å². The fourth-order valence-electron chi connectivity index (χ4n) is 6.20. The van der Waals surface area contributed by atoms with Crippen LogP contribution in [0.25, 0.3) is 0 Å². The van der Waals surface area contributed by atoms with E-state index in [4.69, 9.17) is 15.7 Å². The average Bonchev–Trinajstić information content (AvgIpc) is 2.94. The number of hydrogen-bond donors (Lipinski definition) is 3. The molecule has 0 saturated heterocycles. The Bertz CT molecular complexity index is 1640. The topological polar surface area (TPSA) is 79.7 Å². The van der Waals surface area contributed by atoms with Crippen LogP contribution < -0.4 is 20.9 Å². The molecule has 0 radical (unpaired) electrons. The number of pyridine rings is 3. The summed E-state index contributed by atoms with van der Waals surface area (Å²) in [5.41, 5.74) is 20.6. The van der Waals surface area contributed by atoms with E-state index in [1.165, 1.54) is 50.1 Å². The summed E-state index contributed by atoms with van der Waals surface area (Å²) in [5, 5.41) is 7.36. The number of aryl methyl sites for hydroxylation is 5. The molecule has 0 aliphatic heterocycles. The second-order valence-corrected chi connectivity index (χ2v) is 14.1. The van der Waals surface area contributed by atoms with Crippen LogP contribution >= 0.6 is 7.81 Å². The van der Waals surface area contributed by atoms with Crippen molar-refractivity contribution in [1.82, 2.24) is 9.97 Å². The molecule has 0 atom stereocenters. The second kappa shape index (κ2) is 14.3. The quantitative estimate of drug-likeness (QED) is 0.0827. The van der Waals surface area contributed by atoms with Gasteiger partial charge in [-0.25, -0.2) is 14.5 Å². The van der Waals surface area contributed by atoms with Gasteiger partial charge >= 0.3 is 33.0 Å². The molecule has 0 saturated carbocycles. The van der Waals surface area contributed by atoms with Gasteiger partial charge in [0.15, 0.2) is 0 Å². The molecule has 0 spiro atoms. The van der Waals surface area contributed by atoms with Crippen molar-refractivity contribution in [2.24, 2.45) is 0 Å². The number of rotatable bonds is 11. The number of halogens is 6. The van der Waals surface area contributed by atoms with Gasteiger partial charge in [0.25, 0.3) is 5.82 Å². The van der Waals surface area contributed by atoms with E-state index in [0.29, 0.717) is 0 Å². The maximum absolute atomic E-state index is 10.7. The Morgan fingerprint density at radius 1 is 0.604 bits per heavy atom. The van der Waals surface area contributed by atoms with Gasteiger partial charge in [-0.15, -0.1) is 0 Å². The number of hydrogen-bond acceptors (Lipinski definition) is 5. The SMILES string of the molecule is CCc1c(CNc2cc(C)cc(C)n2)c(CC)c(C[n+]2cc(C)ccc2N)c(CC)c1CNc1cc(C)cc(C)n1.F[P-](F)(F)(F)(F)F. The zero-order valence-corrected chi connectivity index (χ0v) is 29.8. The van der Waals surface area contributed by atoms with Gasteiger partial charge in [0, 0.05) is 36.1 Å². The standard InChI is InChI=1S/C35H46N6.F6P/c1-9-27-30(18-37-34-16-23(5)14-25(7)39-34)28(10-2)32(21-41-20-22(4)12-13-33(41)36)29(11-3)31(27)19-38-35-17-24(6)15-26(8)40-35;1-7(2,3,4,5)6/h12-17,20,36H,9-11,18-19,21H2,1-8H3,(H2,37,38,39,40);/q;-1/p+1. The molecule has 0 amide bonds. The summed E-state index contributed by atoms with van der Waals surface area (Å²) in [5.74, 6) is 2.62. The molecular formula is C35H47F6N6P. The maximum atomic E-state index is 9.87. The van der Waals surface area contributed by atoms with Crippen LogP contribution in [0.5, 0.6) is 0 Å². The summed E-state index contributed by atoms with van der Waals surface area (Å²) < 4.78 is 61.4. The van der Waals surface area contributed by atoms with E-state index in [1.807, 2.05) is 6.07 Å². The summed E-state index contributed by atoms with van der Waals surface area (Å²) in [4.78, 5) is 9.54. The van der Waals surface area contributed by atoms with Crippen molar-refractivity contribution >= 4 is 25.3 Å². The van der Waals surface area contributed by atoms with Crippen molar-refractivity contribution in [3.63, 3.8) is 0 Å². The zero-order chi connectivity index (χ0) is 36.1.